The highest BCUT2D eigenvalue weighted by atomic mass is 15.4. The molecular weight excluding hydrogens is 310 g/mol. The Morgan fingerprint density at radius 1 is 0.920 bits per heavy atom. The van der Waals surface area contributed by atoms with Crippen LogP contribution in [-0.4, -0.2) is 24.8 Å². The third kappa shape index (κ3) is 2.21. The molecule has 120 valence electrons. The number of aromatic nitrogens is 5. The van der Waals surface area contributed by atoms with E-state index in [1.54, 1.807) is 10.8 Å². The van der Waals surface area contributed by atoms with E-state index in [4.69, 9.17) is 0 Å². The molecule has 5 rings (SSSR count). The topological polar surface area (TPSA) is 58.9 Å². The zero-order valence-electron chi connectivity index (χ0n) is 13.6. The molecule has 0 fully saturated rings. The van der Waals surface area contributed by atoms with Crippen LogP contribution >= 0.6 is 0 Å². The number of fused-ring (bicyclic) bond motifs is 2. The fourth-order valence-corrected chi connectivity index (χ4v) is 3.27. The Balaban J connectivity index is 1.75. The molecule has 5 nitrogen and oxygen atoms in total. The number of hydrogen-bond donors (Lipinski definition) is 1. The second-order valence-electron chi connectivity index (χ2n) is 6.13. The van der Waals surface area contributed by atoms with Gasteiger partial charge in [-0.05, 0) is 48.4 Å². The van der Waals surface area contributed by atoms with E-state index in [-0.39, 0.29) is 0 Å². The Bertz CT molecular complexity index is 1220. The van der Waals surface area contributed by atoms with Crippen LogP contribution in [0.1, 0.15) is 5.56 Å². The summed E-state index contributed by atoms with van der Waals surface area (Å²) in [5.74, 6) is 0. The van der Waals surface area contributed by atoms with Gasteiger partial charge >= 0.3 is 0 Å². The summed E-state index contributed by atoms with van der Waals surface area (Å²) in [5, 5.41) is 9.69. The molecule has 0 saturated carbocycles. The molecule has 0 amide bonds. The molecule has 0 saturated heterocycles. The number of benzene rings is 1. The van der Waals surface area contributed by atoms with Gasteiger partial charge in [-0.3, -0.25) is 0 Å². The van der Waals surface area contributed by atoms with E-state index in [0.717, 1.165) is 38.9 Å². The quantitative estimate of drug-likeness (QED) is 0.528. The SMILES string of the molecule is Cc1cccc(-c2cc3c(-c4cnn5ncccc45)ccnc3[nH]2)c1. The van der Waals surface area contributed by atoms with Gasteiger partial charge in [0.1, 0.15) is 5.65 Å². The van der Waals surface area contributed by atoms with E-state index in [2.05, 4.69) is 57.4 Å². The fraction of sp³-hybridized carbons (Fsp3) is 0.0500. The summed E-state index contributed by atoms with van der Waals surface area (Å²) >= 11 is 0. The van der Waals surface area contributed by atoms with Gasteiger partial charge in [0.15, 0.2) is 0 Å². The number of aryl methyl sites for hydroxylation is 1. The molecule has 1 N–H and O–H groups in total. The summed E-state index contributed by atoms with van der Waals surface area (Å²) in [6, 6.07) is 16.6. The highest BCUT2D eigenvalue weighted by Crippen LogP contribution is 2.33. The Hall–Kier alpha value is -3.47. The van der Waals surface area contributed by atoms with E-state index < -0.39 is 0 Å². The van der Waals surface area contributed by atoms with Crippen LogP contribution in [0.4, 0.5) is 0 Å². The Labute approximate surface area is 144 Å². The molecule has 25 heavy (non-hydrogen) atoms. The van der Waals surface area contributed by atoms with Gasteiger partial charge in [-0.25, -0.2) is 4.98 Å². The van der Waals surface area contributed by atoms with Crippen molar-refractivity contribution in [1.29, 1.82) is 0 Å². The van der Waals surface area contributed by atoms with Crippen LogP contribution in [0.3, 0.4) is 0 Å². The third-order valence-electron chi connectivity index (χ3n) is 4.45. The fourth-order valence-electron chi connectivity index (χ4n) is 3.27. The number of rotatable bonds is 2. The van der Waals surface area contributed by atoms with Crippen LogP contribution in [0.5, 0.6) is 0 Å². The second-order valence-corrected chi connectivity index (χ2v) is 6.13. The van der Waals surface area contributed by atoms with Crippen molar-refractivity contribution in [2.24, 2.45) is 0 Å². The van der Waals surface area contributed by atoms with Gasteiger partial charge in [0, 0.05) is 29.0 Å². The Kier molecular flexibility index (Phi) is 2.94. The highest BCUT2D eigenvalue weighted by molar-refractivity contribution is 5.99. The van der Waals surface area contributed by atoms with Crippen molar-refractivity contribution in [3.63, 3.8) is 0 Å². The van der Waals surface area contributed by atoms with Crippen LogP contribution in [0.2, 0.25) is 0 Å². The number of aromatic amines is 1. The lowest BCUT2D eigenvalue weighted by Gasteiger charge is -2.00. The minimum absolute atomic E-state index is 0.872. The van der Waals surface area contributed by atoms with E-state index in [1.165, 1.54) is 5.56 Å². The van der Waals surface area contributed by atoms with Gasteiger partial charge < -0.3 is 4.98 Å². The smallest absolute Gasteiger partial charge is 0.138 e. The van der Waals surface area contributed by atoms with Gasteiger partial charge in [0.05, 0.1) is 11.7 Å². The Morgan fingerprint density at radius 3 is 2.80 bits per heavy atom. The first-order chi connectivity index (χ1) is 12.3. The molecule has 5 heteroatoms. The molecule has 1 aromatic carbocycles. The summed E-state index contributed by atoms with van der Waals surface area (Å²) in [7, 11) is 0. The van der Waals surface area contributed by atoms with E-state index >= 15 is 0 Å². The van der Waals surface area contributed by atoms with Gasteiger partial charge in [-0.2, -0.15) is 14.8 Å². The average molecular weight is 325 g/mol. The number of hydrogen-bond acceptors (Lipinski definition) is 3. The van der Waals surface area contributed by atoms with E-state index in [0.29, 0.717) is 0 Å². The lowest BCUT2D eigenvalue weighted by molar-refractivity contribution is 0.800. The molecule has 0 unspecified atom stereocenters. The third-order valence-corrected chi connectivity index (χ3v) is 4.45. The predicted molar refractivity (Wildman–Crippen MR) is 98.2 cm³/mol. The van der Waals surface area contributed by atoms with Crippen LogP contribution < -0.4 is 0 Å². The predicted octanol–water partition coefficient (Wildman–Crippen LogP) is 4.25. The van der Waals surface area contributed by atoms with Crippen molar-refractivity contribution in [2.45, 2.75) is 6.92 Å². The minimum Gasteiger partial charge on any atom is -0.339 e. The molecule has 0 aliphatic carbocycles. The lowest BCUT2D eigenvalue weighted by Crippen LogP contribution is -1.90. The second kappa shape index (κ2) is 5.27. The van der Waals surface area contributed by atoms with Crippen molar-refractivity contribution in [1.82, 2.24) is 24.8 Å². The first kappa shape index (κ1) is 13.9. The number of pyridine rings is 1. The minimum atomic E-state index is 0.872. The lowest BCUT2D eigenvalue weighted by atomic mass is 10.0. The number of nitrogens with zero attached hydrogens (tertiary/aromatic N) is 4. The summed E-state index contributed by atoms with van der Waals surface area (Å²) in [5.41, 5.74) is 7.46. The van der Waals surface area contributed by atoms with Gasteiger partial charge in [0.25, 0.3) is 0 Å². The molecule has 4 heterocycles. The first-order valence-corrected chi connectivity index (χ1v) is 8.14. The maximum atomic E-state index is 4.50. The molecule has 0 bridgehead atoms. The zero-order chi connectivity index (χ0) is 16.8. The average Bonchev–Trinajstić information content (AvgIpc) is 3.26. The van der Waals surface area contributed by atoms with Gasteiger partial charge in [-0.1, -0.05) is 23.8 Å². The maximum absolute atomic E-state index is 4.50. The summed E-state index contributed by atoms with van der Waals surface area (Å²) < 4.78 is 1.65. The molecule has 4 aromatic heterocycles. The number of H-pyrrole nitrogens is 1. The molecule has 0 aliphatic heterocycles. The zero-order valence-corrected chi connectivity index (χ0v) is 13.6. The van der Waals surface area contributed by atoms with Crippen molar-refractivity contribution in [2.75, 3.05) is 0 Å². The van der Waals surface area contributed by atoms with Crippen LogP contribution in [0.15, 0.2) is 67.1 Å². The maximum Gasteiger partial charge on any atom is 0.138 e. The van der Waals surface area contributed by atoms with Crippen LogP contribution in [-0.2, 0) is 0 Å². The number of nitrogens with one attached hydrogen (secondary N) is 1. The van der Waals surface area contributed by atoms with Crippen molar-refractivity contribution in [3.05, 3.63) is 72.7 Å². The Morgan fingerprint density at radius 2 is 1.88 bits per heavy atom. The molecule has 0 radical (unpaired) electrons. The summed E-state index contributed by atoms with van der Waals surface area (Å²) in [4.78, 5) is 7.94. The highest BCUT2D eigenvalue weighted by Gasteiger charge is 2.13. The van der Waals surface area contributed by atoms with E-state index in [1.807, 2.05) is 30.6 Å². The molecular formula is C20H15N5. The first-order valence-electron chi connectivity index (χ1n) is 8.14. The van der Waals surface area contributed by atoms with Crippen LogP contribution in [0, 0.1) is 6.92 Å². The molecule has 0 atom stereocenters. The molecule has 0 aliphatic rings. The van der Waals surface area contributed by atoms with E-state index in [9.17, 15) is 0 Å². The standard InChI is InChI=1S/C20H15N5/c1-13-4-2-5-14(10-13)18-11-16-15(7-9-21-20(16)24-18)17-12-23-25-19(17)6-3-8-22-25/h2-12H,1H3,(H,21,24). The monoisotopic (exact) mass is 325 g/mol. The largest absolute Gasteiger partial charge is 0.339 e. The molecule has 0 spiro atoms. The van der Waals surface area contributed by atoms with Crippen LogP contribution in [0.25, 0.3) is 38.9 Å². The normalized spacial score (nSPS) is 11.4. The van der Waals surface area contributed by atoms with Crippen molar-refractivity contribution in [3.8, 4) is 22.4 Å². The van der Waals surface area contributed by atoms with Gasteiger partial charge in [0.2, 0.25) is 0 Å². The van der Waals surface area contributed by atoms with Crippen molar-refractivity contribution < 1.29 is 0 Å². The van der Waals surface area contributed by atoms with Crippen molar-refractivity contribution >= 4 is 16.6 Å². The molecule has 5 aromatic rings. The van der Waals surface area contributed by atoms with Gasteiger partial charge in [-0.15, -0.1) is 0 Å². The summed E-state index contributed by atoms with van der Waals surface area (Å²) in [6.07, 6.45) is 5.42. The summed E-state index contributed by atoms with van der Waals surface area (Å²) in [6.45, 7) is 2.10.